The van der Waals surface area contributed by atoms with Crippen LogP contribution in [-0.4, -0.2) is 30.0 Å². The topological polar surface area (TPSA) is 23.2 Å². The number of hydrogen-bond acceptors (Lipinski definition) is 1. The van der Waals surface area contributed by atoms with Gasteiger partial charge in [-0.05, 0) is 36.5 Å². The molecular weight excluding hydrogens is 391 g/mol. The van der Waals surface area contributed by atoms with Crippen molar-refractivity contribution in [3.63, 3.8) is 0 Å². The number of benzene rings is 2. The van der Waals surface area contributed by atoms with Crippen molar-refractivity contribution in [2.24, 2.45) is 0 Å². The molecule has 7 heteroatoms. The van der Waals surface area contributed by atoms with E-state index in [1.807, 2.05) is 43.9 Å². The van der Waals surface area contributed by atoms with Crippen LogP contribution in [0.5, 0.6) is 5.75 Å². The van der Waals surface area contributed by atoms with E-state index in [4.69, 9.17) is 18.6 Å². The van der Waals surface area contributed by atoms with E-state index in [1.165, 1.54) is 12.1 Å². The van der Waals surface area contributed by atoms with E-state index in [0.29, 0.717) is 8.58 Å². The summed E-state index contributed by atoms with van der Waals surface area (Å²) in [5.41, 5.74) is 1.94. The van der Waals surface area contributed by atoms with E-state index in [0.717, 1.165) is 21.7 Å². The average Bonchev–Trinajstić information content (AvgIpc) is 2.46. The van der Waals surface area contributed by atoms with E-state index in [9.17, 15) is 9.50 Å². The van der Waals surface area contributed by atoms with Crippen LogP contribution in [0, 0.1) is 12.7 Å². The van der Waals surface area contributed by atoms with Crippen molar-refractivity contribution in [3.8, 4) is 5.75 Å². The molecule has 122 valence electrons. The Morgan fingerprint density at radius 2 is 1.78 bits per heavy atom. The van der Waals surface area contributed by atoms with Crippen molar-refractivity contribution in [3.05, 3.63) is 53.3 Å². The van der Waals surface area contributed by atoms with Crippen LogP contribution in [0.2, 0.25) is 0 Å². The van der Waals surface area contributed by atoms with E-state index in [-0.39, 0.29) is 11.6 Å². The molecule has 2 aromatic carbocycles. The summed E-state index contributed by atoms with van der Waals surface area (Å²) in [6, 6.07) is 10.3. The van der Waals surface area contributed by atoms with Gasteiger partial charge in [0.2, 0.25) is 0 Å². The molecule has 0 aliphatic rings. The molecule has 0 bridgehead atoms. The number of halogens is 3. The first-order valence-electron chi connectivity index (χ1n) is 6.71. The maximum atomic E-state index is 13.4. The molecule has 0 fully saturated rings. The van der Waals surface area contributed by atoms with E-state index in [2.05, 4.69) is 0 Å². The summed E-state index contributed by atoms with van der Waals surface area (Å²) < 4.78 is 15.3. The van der Waals surface area contributed by atoms with Gasteiger partial charge in [-0.1, -0.05) is 26.3 Å². The van der Waals surface area contributed by atoms with Gasteiger partial charge in [0.05, 0.1) is 0 Å². The van der Waals surface area contributed by atoms with Gasteiger partial charge in [-0.3, -0.25) is 0 Å². The van der Waals surface area contributed by atoms with Crippen LogP contribution in [-0.2, 0) is 17.0 Å². The molecule has 23 heavy (non-hydrogen) atoms. The average molecular weight is 409 g/mol. The summed E-state index contributed by atoms with van der Waals surface area (Å²) in [5, 5.41) is 11.8. The van der Waals surface area contributed by atoms with Crippen LogP contribution >= 0.6 is 27.2 Å². The summed E-state index contributed by atoms with van der Waals surface area (Å²) in [6.07, 6.45) is 1.89. The molecule has 0 spiro atoms. The second kappa shape index (κ2) is 10.4. The Morgan fingerprint density at radius 1 is 1.13 bits per heavy atom. The molecule has 2 nitrogen and oxygen atoms in total. The van der Waals surface area contributed by atoms with Crippen molar-refractivity contribution >= 4 is 44.0 Å². The fraction of sp³-hybridized carbons (Fsp3) is 0.188. The van der Waals surface area contributed by atoms with Gasteiger partial charge in [0.1, 0.15) is 25.7 Å². The number of phenolic OH excluding ortho intramolecular Hbond substituents is 1. The fourth-order valence-corrected chi connectivity index (χ4v) is 3.18. The molecule has 2 aromatic rings. The minimum absolute atomic E-state index is 0.250. The monoisotopic (exact) mass is 408 g/mol. The molecule has 0 radical (unpaired) electrons. The van der Waals surface area contributed by atoms with Gasteiger partial charge in [-0.25, -0.2) is 8.97 Å². The van der Waals surface area contributed by atoms with E-state index >= 15 is 0 Å². The van der Waals surface area contributed by atoms with E-state index in [1.54, 1.807) is 12.1 Å². The number of aromatic hydroxyl groups is 1. The second-order valence-corrected chi connectivity index (χ2v) is 8.95. The zero-order valence-electron chi connectivity index (χ0n) is 13.1. The summed E-state index contributed by atoms with van der Waals surface area (Å²) in [5.74, 6) is 0.0363. The first kappa shape index (κ1) is 20.6. The minimum atomic E-state index is -0.556. The molecule has 1 atom stereocenters. The number of aryl methyl sites for hydroxylation is 1. The number of nitrogens with zero attached hydrogens (tertiary/aromatic N) is 1. The summed E-state index contributed by atoms with van der Waals surface area (Å²) in [6.45, 7) is 1.99. The van der Waals surface area contributed by atoms with Crippen LogP contribution in [0.15, 0.2) is 36.4 Å². The van der Waals surface area contributed by atoms with Crippen LogP contribution in [0.3, 0.4) is 0 Å². The maximum absolute atomic E-state index is 13.4. The Labute approximate surface area is 154 Å². The fourth-order valence-electron chi connectivity index (χ4n) is 1.93. The van der Waals surface area contributed by atoms with Gasteiger partial charge >= 0.3 is 35.6 Å². The number of phenols is 1. The zero-order valence-corrected chi connectivity index (χ0v) is 17.1. The molecule has 1 N–H and O–H groups in total. The Hall–Kier alpha value is -0.436. The quantitative estimate of drug-likeness (QED) is 0.357. The Balaban J connectivity index is 0.000000816. The Morgan fingerprint density at radius 3 is 2.39 bits per heavy atom. The molecule has 0 aliphatic carbocycles. The van der Waals surface area contributed by atoms with E-state index < -0.39 is 17.0 Å². The van der Waals surface area contributed by atoms with Crippen LogP contribution in [0.4, 0.5) is 4.39 Å². The zero-order chi connectivity index (χ0) is 17.4. The van der Waals surface area contributed by atoms with Gasteiger partial charge in [0.25, 0.3) is 0 Å². The molecule has 0 saturated carbocycles. The number of rotatable bonds is 3. The molecule has 2 rings (SSSR count). The first-order chi connectivity index (χ1) is 10.9. The molecule has 0 amide bonds. The Bertz CT molecular complexity index is 694. The number of hydrogen-bond donors (Lipinski definition) is 1. The van der Waals surface area contributed by atoms with Crippen molar-refractivity contribution in [2.75, 3.05) is 14.1 Å². The molecular formula is C16H18Cl2FNOPTi+. The predicted molar refractivity (Wildman–Crippen MR) is 95.8 cm³/mol. The SMILES string of the molecule is Cc1ccc(O)c(Pc2ccc(F)cc2C=[N+](C)C)c1.[Cl][Ti][Cl]. The third kappa shape index (κ3) is 7.33. The molecule has 0 heterocycles. The normalized spacial score (nSPS) is 10.2. The summed E-state index contributed by atoms with van der Waals surface area (Å²) in [4.78, 5) is 0. The molecule has 0 saturated heterocycles. The standard InChI is InChI=1S/C16H17FNOP.2ClH.Ti/c1-11-4-6-14(19)16(8-11)20-15-7-5-13(17)9-12(15)10-18(2)3;;;/h4-10,20H,1-3H3;2*1H;/q;;;+2/p-1. The van der Waals surface area contributed by atoms with Gasteiger partial charge in [-0.2, -0.15) is 0 Å². The van der Waals surface area contributed by atoms with Crippen LogP contribution in [0.25, 0.3) is 0 Å². The summed E-state index contributed by atoms with van der Waals surface area (Å²) in [7, 11) is 13.9. The van der Waals surface area contributed by atoms with Crippen LogP contribution < -0.4 is 10.6 Å². The van der Waals surface area contributed by atoms with Crippen molar-refractivity contribution in [1.29, 1.82) is 0 Å². The van der Waals surface area contributed by atoms with Gasteiger partial charge < -0.3 is 5.11 Å². The van der Waals surface area contributed by atoms with Crippen molar-refractivity contribution in [1.82, 2.24) is 0 Å². The third-order valence-electron chi connectivity index (χ3n) is 2.83. The third-order valence-corrected chi connectivity index (χ3v) is 4.23. The Kier molecular flexibility index (Phi) is 9.35. The molecule has 0 aliphatic heterocycles. The second-order valence-electron chi connectivity index (χ2n) is 5.04. The van der Waals surface area contributed by atoms with Gasteiger partial charge in [0, 0.05) is 10.9 Å². The molecule has 0 aromatic heterocycles. The van der Waals surface area contributed by atoms with Crippen molar-refractivity contribution < 1.29 is 31.1 Å². The summed E-state index contributed by atoms with van der Waals surface area (Å²) >= 11 is -0.556. The predicted octanol–water partition coefficient (Wildman–Crippen LogP) is 3.54. The van der Waals surface area contributed by atoms with Crippen LogP contribution in [0.1, 0.15) is 11.1 Å². The van der Waals surface area contributed by atoms with Gasteiger partial charge in [-0.15, -0.1) is 0 Å². The van der Waals surface area contributed by atoms with Crippen molar-refractivity contribution in [2.45, 2.75) is 6.92 Å². The first-order valence-corrected chi connectivity index (χ1v) is 12.0. The molecule has 1 unspecified atom stereocenters. The van der Waals surface area contributed by atoms with Gasteiger partial charge in [0.15, 0.2) is 6.21 Å².